The minimum Gasteiger partial charge on any atom is -0.309 e. The second kappa shape index (κ2) is 6.21. The number of hydrogen-bond acceptors (Lipinski definition) is 4. The maximum atomic E-state index is 5.02. The molecule has 0 atom stereocenters. The third kappa shape index (κ3) is 2.88. The zero-order valence-electron chi connectivity index (χ0n) is 14.3. The molecular weight excluding hydrogens is 286 g/mol. The zero-order valence-corrected chi connectivity index (χ0v) is 14.3. The van der Waals surface area contributed by atoms with Crippen LogP contribution in [0.15, 0.2) is 18.3 Å². The highest BCUT2D eigenvalue weighted by Crippen LogP contribution is 2.34. The van der Waals surface area contributed by atoms with E-state index in [2.05, 4.69) is 39.5 Å². The Hall–Kier alpha value is -1.46. The highest BCUT2D eigenvalue weighted by Gasteiger charge is 2.29. The standard InChI is InChI=1S/C18H27N5/c1-21-10-5-14(6-11-21)17-20-16-4-3-9-19-18(16)23(17)15-7-12-22(2)13-8-15/h3-4,9,14-15H,5-8,10-13H2,1-2H3. The van der Waals surface area contributed by atoms with Gasteiger partial charge in [0.05, 0.1) is 0 Å². The monoisotopic (exact) mass is 313 g/mol. The van der Waals surface area contributed by atoms with Crippen molar-refractivity contribution in [1.82, 2.24) is 24.3 Å². The van der Waals surface area contributed by atoms with E-state index >= 15 is 0 Å². The van der Waals surface area contributed by atoms with Crippen molar-refractivity contribution in [3.05, 3.63) is 24.2 Å². The largest absolute Gasteiger partial charge is 0.309 e. The van der Waals surface area contributed by atoms with Crippen LogP contribution >= 0.6 is 0 Å². The Bertz CT molecular complexity index is 663. The summed E-state index contributed by atoms with van der Waals surface area (Å²) in [5.74, 6) is 1.88. The molecule has 2 aromatic rings. The van der Waals surface area contributed by atoms with Crippen LogP contribution in [0.4, 0.5) is 0 Å². The molecule has 4 heterocycles. The molecule has 0 spiro atoms. The molecule has 2 aliphatic heterocycles. The second-order valence-corrected chi connectivity index (χ2v) is 7.30. The van der Waals surface area contributed by atoms with Gasteiger partial charge in [-0.3, -0.25) is 0 Å². The molecule has 0 bridgehead atoms. The summed E-state index contributed by atoms with van der Waals surface area (Å²) < 4.78 is 2.50. The Morgan fingerprint density at radius 1 is 0.957 bits per heavy atom. The molecular formula is C18H27N5. The van der Waals surface area contributed by atoms with Crippen LogP contribution in [0.3, 0.4) is 0 Å². The van der Waals surface area contributed by atoms with Gasteiger partial charge >= 0.3 is 0 Å². The molecule has 5 nitrogen and oxygen atoms in total. The topological polar surface area (TPSA) is 37.2 Å². The summed E-state index contributed by atoms with van der Waals surface area (Å²) in [7, 11) is 4.44. The van der Waals surface area contributed by atoms with E-state index in [0.29, 0.717) is 12.0 Å². The fourth-order valence-electron chi connectivity index (χ4n) is 4.12. The van der Waals surface area contributed by atoms with Crippen molar-refractivity contribution in [2.24, 2.45) is 0 Å². The third-order valence-corrected chi connectivity index (χ3v) is 5.61. The molecule has 0 aliphatic carbocycles. The molecule has 2 fully saturated rings. The van der Waals surface area contributed by atoms with Crippen LogP contribution in [0.2, 0.25) is 0 Å². The maximum Gasteiger partial charge on any atom is 0.160 e. The van der Waals surface area contributed by atoms with E-state index in [1.807, 2.05) is 12.3 Å². The first kappa shape index (κ1) is 15.1. The average Bonchev–Trinajstić information content (AvgIpc) is 2.96. The molecule has 2 aromatic heterocycles. The van der Waals surface area contributed by atoms with Crippen LogP contribution in [-0.4, -0.2) is 64.6 Å². The van der Waals surface area contributed by atoms with Crippen molar-refractivity contribution < 1.29 is 0 Å². The quantitative estimate of drug-likeness (QED) is 0.854. The predicted molar refractivity (Wildman–Crippen MR) is 92.8 cm³/mol. The van der Waals surface area contributed by atoms with Gasteiger partial charge in [-0.05, 0) is 78.1 Å². The Kier molecular flexibility index (Phi) is 4.07. The zero-order chi connectivity index (χ0) is 15.8. The first-order valence-corrected chi connectivity index (χ1v) is 8.92. The van der Waals surface area contributed by atoms with E-state index < -0.39 is 0 Å². The van der Waals surface area contributed by atoms with Crippen molar-refractivity contribution in [3.63, 3.8) is 0 Å². The summed E-state index contributed by atoms with van der Waals surface area (Å²) in [5.41, 5.74) is 2.16. The molecule has 5 heteroatoms. The van der Waals surface area contributed by atoms with E-state index in [0.717, 1.165) is 11.2 Å². The number of pyridine rings is 1. The van der Waals surface area contributed by atoms with E-state index in [4.69, 9.17) is 4.98 Å². The molecule has 2 aliphatic rings. The number of imidazole rings is 1. The number of fused-ring (bicyclic) bond motifs is 1. The Labute approximate surface area is 138 Å². The number of aromatic nitrogens is 3. The highest BCUT2D eigenvalue weighted by molar-refractivity contribution is 5.71. The number of likely N-dealkylation sites (tertiary alicyclic amines) is 2. The molecule has 23 heavy (non-hydrogen) atoms. The van der Waals surface area contributed by atoms with E-state index in [1.54, 1.807) is 0 Å². The maximum absolute atomic E-state index is 5.02. The Morgan fingerprint density at radius 2 is 1.61 bits per heavy atom. The summed E-state index contributed by atoms with van der Waals surface area (Å²) in [6.07, 6.45) is 6.75. The van der Waals surface area contributed by atoms with Crippen molar-refractivity contribution in [1.29, 1.82) is 0 Å². The van der Waals surface area contributed by atoms with E-state index in [9.17, 15) is 0 Å². The molecule has 0 unspecified atom stereocenters. The predicted octanol–water partition coefficient (Wildman–Crippen LogP) is 2.51. The second-order valence-electron chi connectivity index (χ2n) is 7.30. The van der Waals surface area contributed by atoms with E-state index in [1.165, 1.54) is 57.7 Å². The minimum absolute atomic E-state index is 0.556. The van der Waals surface area contributed by atoms with Crippen LogP contribution in [-0.2, 0) is 0 Å². The van der Waals surface area contributed by atoms with Crippen molar-refractivity contribution in [2.45, 2.75) is 37.6 Å². The SMILES string of the molecule is CN1CCC(c2nc3cccnc3n2C2CCN(C)CC2)CC1. The van der Waals surface area contributed by atoms with Crippen molar-refractivity contribution in [2.75, 3.05) is 40.3 Å². The number of piperidine rings is 2. The Morgan fingerprint density at radius 3 is 2.30 bits per heavy atom. The summed E-state index contributed by atoms with van der Waals surface area (Å²) in [6, 6.07) is 4.68. The molecule has 0 amide bonds. The van der Waals surface area contributed by atoms with Crippen LogP contribution in [0, 0.1) is 0 Å². The summed E-state index contributed by atoms with van der Waals surface area (Å²) in [4.78, 5) is 14.6. The molecule has 124 valence electrons. The first-order valence-electron chi connectivity index (χ1n) is 8.92. The first-order chi connectivity index (χ1) is 11.2. The summed E-state index contributed by atoms with van der Waals surface area (Å²) in [6.45, 7) is 4.69. The lowest BCUT2D eigenvalue weighted by molar-refractivity contribution is 0.212. The van der Waals surface area contributed by atoms with Gasteiger partial charge in [-0.25, -0.2) is 9.97 Å². The molecule has 2 saturated heterocycles. The van der Waals surface area contributed by atoms with Gasteiger partial charge in [-0.2, -0.15) is 0 Å². The van der Waals surface area contributed by atoms with Gasteiger partial charge in [0.25, 0.3) is 0 Å². The lowest BCUT2D eigenvalue weighted by atomic mass is 9.95. The van der Waals surface area contributed by atoms with E-state index in [-0.39, 0.29) is 0 Å². The van der Waals surface area contributed by atoms with Gasteiger partial charge in [0.2, 0.25) is 0 Å². The number of nitrogens with zero attached hydrogens (tertiary/aromatic N) is 5. The van der Waals surface area contributed by atoms with Crippen LogP contribution < -0.4 is 0 Å². The number of rotatable bonds is 2. The fourth-order valence-corrected chi connectivity index (χ4v) is 4.12. The molecule has 0 aromatic carbocycles. The molecule has 0 radical (unpaired) electrons. The lowest BCUT2D eigenvalue weighted by Crippen LogP contribution is -2.34. The van der Waals surface area contributed by atoms with Gasteiger partial charge in [0.15, 0.2) is 5.65 Å². The van der Waals surface area contributed by atoms with Gasteiger partial charge in [0, 0.05) is 18.2 Å². The third-order valence-electron chi connectivity index (χ3n) is 5.61. The van der Waals surface area contributed by atoms with Crippen molar-refractivity contribution >= 4 is 11.2 Å². The molecule has 4 rings (SSSR count). The van der Waals surface area contributed by atoms with Crippen molar-refractivity contribution in [3.8, 4) is 0 Å². The molecule has 0 N–H and O–H groups in total. The summed E-state index contributed by atoms with van der Waals surface area (Å²) >= 11 is 0. The van der Waals surface area contributed by atoms with Gasteiger partial charge in [-0.1, -0.05) is 0 Å². The summed E-state index contributed by atoms with van der Waals surface area (Å²) in [5, 5.41) is 0. The van der Waals surface area contributed by atoms with Gasteiger partial charge in [0.1, 0.15) is 11.3 Å². The van der Waals surface area contributed by atoms with Crippen LogP contribution in [0.5, 0.6) is 0 Å². The molecule has 0 saturated carbocycles. The highest BCUT2D eigenvalue weighted by atomic mass is 15.2. The normalized spacial score (nSPS) is 22.9. The fraction of sp³-hybridized carbons (Fsp3) is 0.667. The van der Waals surface area contributed by atoms with Crippen LogP contribution in [0.25, 0.3) is 11.2 Å². The van der Waals surface area contributed by atoms with Gasteiger partial charge in [-0.15, -0.1) is 0 Å². The minimum atomic E-state index is 0.556. The van der Waals surface area contributed by atoms with Crippen LogP contribution in [0.1, 0.15) is 43.5 Å². The smallest absolute Gasteiger partial charge is 0.160 e. The number of hydrogen-bond donors (Lipinski definition) is 0. The average molecular weight is 313 g/mol. The van der Waals surface area contributed by atoms with Gasteiger partial charge < -0.3 is 14.4 Å². The Balaban J connectivity index is 1.72. The lowest BCUT2D eigenvalue weighted by Gasteiger charge is -2.33.